The van der Waals surface area contributed by atoms with E-state index in [1.165, 1.54) is 0 Å². The topological polar surface area (TPSA) is 46.3 Å². The number of nitrogen functional groups attached to an aromatic ring is 1. The molecule has 1 aliphatic heterocycles. The molecule has 6 heteroatoms. The molecule has 20 heavy (non-hydrogen) atoms. The van der Waals surface area contributed by atoms with Crippen LogP contribution in [-0.2, 0) is 6.18 Å². The van der Waals surface area contributed by atoms with Gasteiger partial charge >= 0.3 is 6.18 Å². The van der Waals surface area contributed by atoms with Crippen LogP contribution >= 0.6 is 0 Å². The smallest absolute Gasteiger partial charge is 0.398 e. The number of amides is 1. The molecule has 1 amide bonds. The predicted molar refractivity (Wildman–Crippen MR) is 70.2 cm³/mol. The van der Waals surface area contributed by atoms with Crippen LogP contribution in [0.15, 0.2) is 18.2 Å². The lowest BCUT2D eigenvalue weighted by atomic mass is 10.1. The minimum atomic E-state index is -4.47. The third-order valence-electron chi connectivity index (χ3n) is 3.72. The third kappa shape index (κ3) is 2.73. The molecule has 110 valence electrons. The summed E-state index contributed by atoms with van der Waals surface area (Å²) in [5.74, 6) is -0.405. The van der Waals surface area contributed by atoms with E-state index in [0.717, 1.165) is 37.5 Å². The average molecular weight is 286 g/mol. The van der Waals surface area contributed by atoms with Gasteiger partial charge in [-0.3, -0.25) is 4.79 Å². The van der Waals surface area contributed by atoms with E-state index in [1.54, 1.807) is 4.90 Å². The van der Waals surface area contributed by atoms with Crippen LogP contribution in [0.2, 0.25) is 0 Å². The molecule has 1 aliphatic rings. The Hall–Kier alpha value is -1.72. The molecule has 1 fully saturated rings. The summed E-state index contributed by atoms with van der Waals surface area (Å²) in [6.45, 7) is 2.54. The van der Waals surface area contributed by atoms with Crippen molar-refractivity contribution in [1.82, 2.24) is 4.90 Å². The summed E-state index contributed by atoms with van der Waals surface area (Å²) in [4.78, 5) is 14.0. The number of anilines is 1. The lowest BCUT2D eigenvalue weighted by Gasteiger charge is -2.24. The molecule has 1 saturated heterocycles. The van der Waals surface area contributed by atoms with Gasteiger partial charge in [0.2, 0.25) is 0 Å². The van der Waals surface area contributed by atoms with Crippen molar-refractivity contribution in [2.24, 2.45) is 0 Å². The van der Waals surface area contributed by atoms with Gasteiger partial charge in [-0.2, -0.15) is 13.2 Å². The number of rotatable bonds is 2. The first-order valence-electron chi connectivity index (χ1n) is 6.62. The number of benzene rings is 1. The summed E-state index contributed by atoms with van der Waals surface area (Å²) < 4.78 is 38.2. The maximum Gasteiger partial charge on any atom is 0.416 e. The first-order valence-corrected chi connectivity index (χ1v) is 6.62. The zero-order valence-electron chi connectivity index (χ0n) is 11.2. The Morgan fingerprint density at radius 2 is 2.15 bits per heavy atom. The number of alkyl halides is 3. The monoisotopic (exact) mass is 286 g/mol. The fourth-order valence-electron chi connectivity index (χ4n) is 2.60. The first-order chi connectivity index (χ1) is 9.34. The van der Waals surface area contributed by atoms with E-state index in [0.29, 0.717) is 6.54 Å². The van der Waals surface area contributed by atoms with Crippen LogP contribution in [0.5, 0.6) is 0 Å². The molecule has 1 aromatic rings. The molecule has 1 atom stereocenters. The number of hydrogen-bond acceptors (Lipinski definition) is 2. The number of nitrogens with two attached hydrogens (primary N) is 1. The summed E-state index contributed by atoms with van der Waals surface area (Å²) in [6.07, 6.45) is -1.91. The van der Waals surface area contributed by atoms with Crippen LogP contribution in [0.25, 0.3) is 0 Å². The lowest BCUT2D eigenvalue weighted by Crippen LogP contribution is -2.35. The van der Waals surface area contributed by atoms with Crippen molar-refractivity contribution in [3.05, 3.63) is 29.3 Å². The molecule has 0 radical (unpaired) electrons. The highest BCUT2D eigenvalue weighted by molar-refractivity contribution is 5.99. The third-order valence-corrected chi connectivity index (χ3v) is 3.72. The normalized spacial score (nSPS) is 19.4. The number of carbonyl (C=O) groups is 1. The van der Waals surface area contributed by atoms with Crippen molar-refractivity contribution in [1.29, 1.82) is 0 Å². The van der Waals surface area contributed by atoms with Gasteiger partial charge in [0.05, 0.1) is 11.1 Å². The molecule has 0 aromatic heterocycles. The molecule has 2 N–H and O–H groups in total. The Balaban J connectivity index is 2.34. The summed E-state index contributed by atoms with van der Waals surface area (Å²) in [7, 11) is 0. The molecule has 0 bridgehead atoms. The molecule has 1 heterocycles. The van der Waals surface area contributed by atoms with Crippen LogP contribution in [0.1, 0.15) is 42.1 Å². The van der Waals surface area contributed by atoms with Crippen molar-refractivity contribution in [3.63, 3.8) is 0 Å². The van der Waals surface area contributed by atoms with Gasteiger partial charge in [-0.25, -0.2) is 0 Å². The van der Waals surface area contributed by atoms with Crippen molar-refractivity contribution < 1.29 is 18.0 Å². The summed E-state index contributed by atoms with van der Waals surface area (Å²) >= 11 is 0. The van der Waals surface area contributed by atoms with Crippen molar-refractivity contribution in [2.45, 2.75) is 38.4 Å². The van der Waals surface area contributed by atoms with Crippen LogP contribution in [-0.4, -0.2) is 23.4 Å². The second-order valence-corrected chi connectivity index (χ2v) is 5.00. The van der Waals surface area contributed by atoms with E-state index in [4.69, 9.17) is 5.73 Å². The number of carbonyl (C=O) groups excluding carboxylic acids is 1. The zero-order valence-corrected chi connectivity index (χ0v) is 11.2. The van der Waals surface area contributed by atoms with Gasteiger partial charge in [-0.1, -0.05) is 6.92 Å². The molecule has 1 aromatic carbocycles. The largest absolute Gasteiger partial charge is 0.416 e. The van der Waals surface area contributed by atoms with E-state index < -0.39 is 17.6 Å². The number of likely N-dealkylation sites (tertiary alicyclic amines) is 1. The van der Waals surface area contributed by atoms with Gasteiger partial charge in [0.1, 0.15) is 0 Å². The quantitative estimate of drug-likeness (QED) is 0.848. The second kappa shape index (κ2) is 5.34. The first kappa shape index (κ1) is 14.7. The zero-order chi connectivity index (χ0) is 14.9. The van der Waals surface area contributed by atoms with E-state index >= 15 is 0 Å². The van der Waals surface area contributed by atoms with Gasteiger partial charge in [-0.05, 0) is 37.5 Å². The van der Waals surface area contributed by atoms with Gasteiger partial charge in [0, 0.05) is 18.3 Å². The van der Waals surface area contributed by atoms with E-state index in [2.05, 4.69) is 0 Å². The molecule has 3 nitrogen and oxygen atoms in total. The van der Waals surface area contributed by atoms with Crippen molar-refractivity contribution in [3.8, 4) is 0 Å². The van der Waals surface area contributed by atoms with Crippen LogP contribution in [0.3, 0.4) is 0 Å². The van der Waals surface area contributed by atoms with Crippen molar-refractivity contribution >= 4 is 11.6 Å². The standard InChI is InChI=1S/C14H17F3N2O/c1-2-10-4-3-7-19(10)13(20)11-8-9(14(15,16)17)5-6-12(11)18/h5-6,8,10H,2-4,7,18H2,1H3. The fourth-order valence-corrected chi connectivity index (χ4v) is 2.60. The van der Waals surface area contributed by atoms with E-state index in [9.17, 15) is 18.0 Å². The molecule has 1 unspecified atom stereocenters. The highest BCUT2D eigenvalue weighted by atomic mass is 19.4. The second-order valence-electron chi connectivity index (χ2n) is 5.00. The lowest BCUT2D eigenvalue weighted by molar-refractivity contribution is -0.137. The molecular formula is C14H17F3N2O. The fraction of sp³-hybridized carbons (Fsp3) is 0.500. The molecular weight excluding hydrogens is 269 g/mol. The maximum absolute atomic E-state index is 12.7. The SMILES string of the molecule is CCC1CCCN1C(=O)c1cc(C(F)(F)F)ccc1N. The molecule has 2 rings (SSSR count). The minimum absolute atomic E-state index is 0.0554. The van der Waals surface area contributed by atoms with Gasteiger partial charge in [0.15, 0.2) is 0 Å². The van der Waals surface area contributed by atoms with Crippen LogP contribution in [0.4, 0.5) is 18.9 Å². The van der Waals surface area contributed by atoms with E-state index in [-0.39, 0.29) is 17.3 Å². The summed E-state index contributed by atoms with van der Waals surface area (Å²) in [6, 6.07) is 2.99. The summed E-state index contributed by atoms with van der Waals surface area (Å²) in [5.41, 5.74) is 4.86. The highest BCUT2D eigenvalue weighted by Gasteiger charge is 2.34. The average Bonchev–Trinajstić information content (AvgIpc) is 2.85. The Morgan fingerprint density at radius 3 is 2.75 bits per heavy atom. The Kier molecular flexibility index (Phi) is 3.92. The van der Waals surface area contributed by atoms with Crippen molar-refractivity contribution in [2.75, 3.05) is 12.3 Å². The molecule has 0 aliphatic carbocycles. The highest BCUT2D eigenvalue weighted by Crippen LogP contribution is 2.32. The Bertz CT molecular complexity index is 514. The van der Waals surface area contributed by atoms with Gasteiger partial charge in [0.25, 0.3) is 5.91 Å². The Morgan fingerprint density at radius 1 is 1.45 bits per heavy atom. The summed E-state index contributed by atoms with van der Waals surface area (Å²) in [5, 5.41) is 0. The maximum atomic E-state index is 12.7. The number of nitrogens with zero attached hydrogens (tertiary/aromatic N) is 1. The Labute approximate surface area is 115 Å². The molecule has 0 spiro atoms. The van der Waals surface area contributed by atoms with E-state index in [1.807, 2.05) is 6.92 Å². The number of halogens is 3. The number of hydrogen-bond donors (Lipinski definition) is 1. The minimum Gasteiger partial charge on any atom is -0.398 e. The molecule has 0 saturated carbocycles. The van der Waals surface area contributed by atoms with Crippen LogP contribution in [0, 0.1) is 0 Å². The van der Waals surface area contributed by atoms with Gasteiger partial charge in [-0.15, -0.1) is 0 Å². The van der Waals surface area contributed by atoms with Crippen LogP contribution < -0.4 is 5.73 Å². The predicted octanol–water partition coefficient (Wildman–Crippen LogP) is 3.30. The van der Waals surface area contributed by atoms with Gasteiger partial charge < -0.3 is 10.6 Å².